The second-order valence-corrected chi connectivity index (χ2v) is 8.17. The quantitative estimate of drug-likeness (QED) is 0.756. The maximum atomic E-state index is 13.1. The van der Waals surface area contributed by atoms with E-state index in [0.717, 1.165) is 35.7 Å². The summed E-state index contributed by atoms with van der Waals surface area (Å²) >= 11 is 3.41. The van der Waals surface area contributed by atoms with Gasteiger partial charge in [0.2, 0.25) is 11.8 Å². The Hall–Kier alpha value is -2.22. The Morgan fingerprint density at radius 2 is 1.92 bits per heavy atom. The van der Waals surface area contributed by atoms with Gasteiger partial charge in [0.1, 0.15) is 12.1 Å². The van der Waals surface area contributed by atoms with E-state index < -0.39 is 5.54 Å². The van der Waals surface area contributed by atoms with Crippen molar-refractivity contribution in [1.29, 1.82) is 0 Å². The van der Waals surface area contributed by atoms with Crippen LogP contribution in [0.4, 0.5) is 4.79 Å². The van der Waals surface area contributed by atoms with Crippen LogP contribution in [0.25, 0.3) is 11.5 Å². The fourth-order valence-electron chi connectivity index (χ4n) is 3.91. The molecule has 3 fully saturated rings. The number of benzene rings is 1. The van der Waals surface area contributed by atoms with Crippen molar-refractivity contribution in [3.8, 4) is 11.5 Å². The molecule has 26 heavy (non-hydrogen) atoms. The van der Waals surface area contributed by atoms with Crippen LogP contribution in [-0.2, 0) is 11.3 Å². The van der Waals surface area contributed by atoms with Gasteiger partial charge in [0.05, 0.1) is 0 Å². The maximum absolute atomic E-state index is 13.1. The molecule has 0 spiro atoms. The van der Waals surface area contributed by atoms with Gasteiger partial charge in [0, 0.05) is 10.0 Å². The standard InChI is InChI=1S/C18H17BrN4O3/c19-13-3-1-2-10(8-13)15-22-21-14(26-15)9-23-16(24)18(11-4-5-11,12-6-7-12)20-17(23)25/h1-3,8,11-12H,4-7,9H2,(H,20,25). The van der Waals surface area contributed by atoms with Gasteiger partial charge in [-0.3, -0.25) is 9.69 Å². The average molecular weight is 417 g/mol. The summed E-state index contributed by atoms with van der Waals surface area (Å²) in [6.45, 7) is 0.00681. The molecule has 2 saturated carbocycles. The number of halogens is 1. The fourth-order valence-corrected chi connectivity index (χ4v) is 4.31. The van der Waals surface area contributed by atoms with E-state index in [4.69, 9.17) is 4.42 Å². The minimum Gasteiger partial charge on any atom is -0.419 e. The lowest BCUT2D eigenvalue weighted by Crippen LogP contribution is -2.51. The van der Waals surface area contributed by atoms with Crippen molar-refractivity contribution in [3.05, 3.63) is 34.6 Å². The van der Waals surface area contributed by atoms with Gasteiger partial charge in [-0.1, -0.05) is 22.0 Å². The number of rotatable bonds is 5. The molecule has 1 saturated heterocycles. The lowest BCUT2D eigenvalue weighted by atomic mass is 9.87. The molecule has 1 aromatic heterocycles. The average Bonchev–Trinajstić information content (AvgIpc) is 3.55. The minimum atomic E-state index is -0.690. The molecule has 2 aromatic rings. The summed E-state index contributed by atoms with van der Waals surface area (Å²) in [5, 5.41) is 11.1. The summed E-state index contributed by atoms with van der Waals surface area (Å²) in [7, 11) is 0. The van der Waals surface area contributed by atoms with Crippen LogP contribution in [0.2, 0.25) is 0 Å². The zero-order valence-electron chi connectivity index (χ0n) is 13.9. The summed E-state index contributed by atoms with van der Waals surface area (Å²) < 4.78 is 6.59. The Morgan fingerprint density at radius 1 is 1.19 bits per heavy atom. The van der Waals surface area contributed by atoms with Gasteiger partial charge in [0.15, 0.2) is 0 Å². The largest absolute Gasteiger partial charge is 0.419 e. The normalized spacial score (nSPS) is 22.0. The molecule has 5 rings (SSSR count). The highest BCUT2D eigenvalue weighted by atomic mass is 79.9. The van der Waals surface area contributed by atoms with Crippen LogP contribution in [-0.4, -0.2) is 32.6 Å². The summed E-state index contributed by atoms with van der Waals surface area (Å²) in [6, 6.07) is 7.16. The molecule has 8 heteroatoms. The number of carbonyl (C=O) groups excluding carboxylic acids is 2. The lowest BCUT2D eigenvalue weighted by Gasteiger charge is -2.26. The number of imide groups is 1. The number of urea groups is 1. The van der Waals surface area contributed by atoms with Crippen LogP contribution in [0.3, 0.4) is 0 Å². The maximum Gasteiger partial charge on any atom is 0.325 e. The molecule has 3 amide bonds. The van der Waals surface area contributed by atoms with Gasteiger partial charge >= 0.3 is 6.03 Å². The predicted octanol–water partition coefficient (Wildman–Crippen LogP) is 3.11. The Kier molecular flexibility index (Phi) is 3.47. The Balaban J connectivity index is 1.38. The molecule has 1 N–H and O–H groups in total. The molecule has 0 bridgehead atoms. The first kappa shape index (κ1) is 16.0. The molecule has 0 atom stereocenters. The zero-order valence-corrected chi connectivity index (χ0v) is 15.5. The molecule has 0 unspecified atom stereocenters. The van der Waals surface area contributed by atoms with Crippen molar-refractivity contribution >= 4 is 27.9 Å². The van der Waals surface area contributed by atoms with E-state index in [2.05, 4.69) is 31.4 Å². The molecule has 134 valence electrons. The fraction of sp³-hybridized carbons (Fsp3) is 0.444. The van der Waals surface area contributed by atoms with E-state index in [1.54, 1.807) is 0 Å². The van der Waals surface area contributed by atoms with Gasteiger partial charge in [-0.2, -0.15) is 0 Å². The van der Waals surface area contributed by atoms with E-state index in [1.165, 1.54) is 4.90 Å². The monoisotopic (exact) mass is 416 g/mol. The van der Waals surface area contributed by atoms with Gasteiger partial charge in [-0.15, -0.1) is 10.2 Å². The molecular weight excluding hydrogens is 400 g/mol. The van der Waals surface area contributed by atoms with Crippen LogP contribution in [0.1, 0.15) is 31.6 Å². The first-order chi connectivity index (χ1) is 12.6. The van der Waals surface area contributed by atoms with E-state index in [-0.39, 0.29) is 36.2 Å². The first-order valence-electron chi connectivity index (χ1n) is 8.80. The number of amides is 3. The van der Waals surface area contributed by atoms with Crippen molar-refractivity contribution in [2.45, 2.75) is 37.8 Å². The molecule has 2 aliphatic carbocycles. The van der Waals surface area contributed by atoms with Crippen LogP contribution in [0.15, 0.2) is 33.2 Å². The second kappa shape index (κ2) is 5.64. The summed E-state index contributed by atoms with van der Waals surface area (Å²) in [6.07, 6.45) is 4.02. The molecule has 7 nitrogen and oxygen atoms in total. The van der Waals surface area contributed by atoms with E-state index in [0.29, 0.717) is 5.89 Å². The highest BCUT2D eigenvalue weighted by molar-refractivity contribution is 9.10. The summed E-state index contributed by atoms with van der Waals surface area (Å²) in [4.78, 5) is 26.8. The van der Waals surface area contributed by atoms with Crippen molar-refractivity contribution in [1.82, 2.24) is 20.4 Å². The predicted molar refractivity (Wildman–Crippen MR) is 94.7 cm³/mol. The zero-order chi connectivity index (χ0) is 17.9. The van der Waals surface area contributed by atoms with Crippen LogP contribution in [0.5, 0.6) is 0 Å². The number of hydrogen-bond acceptors (Lipinski definition) is 5. The smallest absolute Gasteiger partial charge is 0.325 e. The van der Waals surface area contributed by atoms with Crippen molar-refractivity contribution in [3.63, 3.8) is 0 Å². The van der Waals surface area contributed by atoms with Crippen molar-refractivity contribution < 1.29 is 14.0 Å². The SMILES string of the molecule is O=C1NC(C2CC2)(C2CC2)C(=O)N1Cc1nnc(-c2cccc(Br)c2)o1. The van der Waals surface area contributed by atoms with Gasteiger partial charge < -0.3 is 9.73 Å². The van der Waals surface area contributed by atoms with Gasteiger partial charge in [-0.05, 0) is 55.7 Å². The molecule has 3 aliphatic rings. The topological polar surface area (TPSA) is 88.3 Å². The summed E-state index contributed by atoms with van der Waals surface area (Å²) in [5.41, 5.74) is 0.0881. The third-order valence-corrected chi connectivity index (χ3v) is 5.93. The van der Waals surface area contributed by atoms with E-state index >= 15 is 0 Å². The molecule has 1 aliphatic heterocycles. The number of aromatic nitrogens is 2. The summed E-state index contributed by atoms with van der Waals surface area (Å²) in [5.74, 6) is 1.04. The third kappa shape index (κ3) is 2.46. The highest BCUT2D eigenvalue weighted by Crippen LogP contribution is 2.54. The molecule has 2 heterocycles. The van der Waals surface area contributed by atoms with Crippen LogP contribution >= 0.6 is 15.9 Å². The Bertz CT molecular complexity index is 891. The highest BCUT2D eigenvalue weighted by Gasteiger charge is 2.65. The first-order valence-corrected chi connectivity index (χ1v) is 9.59. The number of nitrogens with one attached hydrogen (secondary N) is 1. The number of carbonyl (C=O) groups is 2. The Labute approximate surface area is 158 Å². The van der Waals surface area contributed by atoms with Crippen molar-refractivity contribution in [2.24, 2.45) is 11.8 Å². The third-order valence-electron chi connectivity index (χ3n) is 5.43. The lowest BCUT2D eigenvalue weighted by molar-refractivity contribution is -0.133. The Morgan fingerprint density at radius 3 is 2.58 bits per heavy atom. The van der Waals surface area contributed by atoms with Crippen LogP contribution < -0.4 is 5.32 Å². The van der Waals surface area contributed by atoms with Crippen LogP contribution in [0, 0.1) is 11.8 Å². The molecule has 0 radical (unpaired) electrons. The molecular formula is C18H17BrN4O3. The van der Waals surface area contributed by atoms with E-state index in [1.807, 2.05) is 24.3 Å². The minimum absolute atomic E-state index is 0.00681. The van der Waals surface area contributed by atoms with Gasteiger partial charge in [-0.25, -0.2) is 4.79 Å². The number of nitrogens with zero attached hydrogens (tertiary/aromatic N) is 3. The number of hydrogen-bond donors (Lipinski definition) is 1. The van der Waals surface area contributed by atoms with Gasteiger partial charge in [0.25, 0.3) is 5.91 Å². The molecule has 1 aromatic carbocycles. The second-order valence-electron chi connectivity index (χ2n) is 7.25. The van der Waals surface area contributed by atoms with Crippen molar-refractivity contribution in [2.75, 3.05) is 0 Å². The van der Waals surface area contributed by atoms with E-state index in [9.17, 15) is 9.59 Å².